The van der Waals surface area contributed by atoms with Crippen molar-refractivity contribution in [1.29, 1.82) is 0 Å². The van der Waals surface area contributed by atoms with Gasteiger partial charge in [0.2, 0.25) is 5.91 Å². The minimum absolute atomic E-state index is 0.0332. The number of carbonyl (C=O) groups is 2. The van der Waals surface area contributed by atoms with Gasteiger partial charge in [-0.15, -0.1) is 11.3 Å². The number of β-amino-alcohol motifs (C(OH)–C–C–N with tert-alkyl or cyclic N) is 1. The van der Waals surface area contributed by atoms with E-state index in [9.17, 15) is 14.7 Å². The number of thiazole rings is 1. The third kappa shape index (κ3) is 4.43. The number of benzene rings is 1. The van der Waals surface area contributed by atoms with Crippen molar-refractivity contribution >= 4 is 23.0 Å². The third-order valence-corrected chi connectivity index (χ3v) is 5.94. The van der Waals surface area contributed by atoms with Crippen LogP contribution in [0.2, 0.25) is 0 Å². The molecule has 0 aliphatic carbocycles. The number of aliphatic hydroxyl groups is 1. The van der Waals surface area contributed by atoms with Crippen LogP contribution in [0.1, 0.15) is 30.0 Å². The molecule has 1 aromatic heterocycles. The minimum Gasteiger partial charge on any atom is -0.392 e. The summed E-state index contributed by atoms with van der Waals surface area (Å²) in [5.41, 5.74) is 4.68. The summed E-state index contributed by atoms with van der Waals surface area (Å²) in [5.74, 6) is -0.651. The molecule has 144 valence electrons. The lowest BCUT2D eigenvalue weighted by atomic mass is 9.89. The van der Waals surface area contributed by atoms with Crippen LogP contribution in [0.25, 0.3) is 10.4 Å². The number of hydrogen-bond acceptors (Lipinski definition) is 6. The molecule has 3 rings (SSSR count). The van der Waals surface area contributed by atoms with Crippen LogP contribution in [0.15, 0.2) is 29.8 Å². The molecule has 0 saturated carbocycles. The van der Waals surface area contributed by atoms with Crippen molar-refractivity contribution in [3.63, 3.8) is 0 Å². The second kappa shape index (κ2) is 8.29. The molecule has 0 radical (unpaired) electrons. The second-order valence-electron chi connectivity index (χ2n) is 7.19. The summed E-state index contributed by atoms with van der Waals surface area (Å²) in [6.45, 7) is 2.39. The van der Waals surface area contributed by atoms with Gasteiger partial charge in [-0.2, -0.15) is 0 Å². The number of nitrogens with zero attached hydrogens (tertiary/aromatic N) is 2. The zero-order valence-corrected chi connectivity index (χ0v) is 16.6. The van der Waals surface area contributed by atoms with Crippen LogP contribution in [0.4, 0.5) is 0 Å². The van der Waals surface area contributed by atoms with E-state index in [0.717, 1.165) is 21.7 Å². The van der Waals surface area contributed by atoms with Crippen molar-refractivity contribution in [3.8, 4) is 10.4 Å². The van der Waals surface area contributed by atoms with Gasteiger partial charge in [0.1, 0.15) is 0 Å². The lowest BCUT2D eigenvalue weighted by molar-refractivity contribution is -0.133. The van der Waals surface area contributed by atoms with Gasteiger partial charge in [0.05, 0.1) is 34.1 Å². The number of aromatic nitrogens is 1. The van der Waals surface area contributed by atoms with Gasteiger partial charge in [-0.1, -0.05) is 24.3 Å². The van der Waals surface area contributed by atoms with E-state index in [1.165, 1.54) is 4.90 Å². The Morgan fingerprint density at radius 3 is 2.56 bits per heavy atom. The predicted molar refractivity (Wildman–Crippen MR) is 106 cm³/mol. The molecule has 0 spiro atoms. The van der Waals surface area contributed by atoms with Crippen molar-refractivity contribution in [2.45, 2.75) is 37.8 Å². The number of likely N-dealkylation sites (N-methyl/N-ethyl adjacent to an activating group) is 1. The predicted octanol–water partition coefficient (Wildman–Crippen LogP) is 1.97. The zero-order chi connectivity index (χ0) is 19.6. The summed E-state index contributed by atoms with van der Waals surface area (Å²) in [5, 5.41) is 12.7. The summed E-state index contributed by atoms with van der Waals surface area (Å²) in [6, 6.07) is 7.42. The van der Waals surface area contributed by atoms with E-state index in [0.29, 0.717) is 13.0 Å². The van der Waals surface area contributed by atoms with Crippen molar-refractivity contribution in [2.24, 2.45) is 0 Å². The smallest absolute Gasteiger partial charge is 0.230 e. The first kappa shape index (κ1) is 19.7. The Labute approximate surface area is 163 Å². The molecule has 1 aromatic carbocycles. The third-order valence-electron chi connectivity index (χ3n) is 4.96. The normalized spacial score (nSPS) is 20.4. The highest BCUT2D eigenvalue weighted by atomic mass is 32.1. The summed E-state index contributed by atoms with van der Waals surface area (Å²) in [7, 11) is 3.40. The molecule has 0 unspecified atom stereocenters. The van der Waals surface area contributed by atoms with Gasteiger partial charge >= 0.3 is 0 Å². The fraction of sp³-hybridized carbons (Fsp3) is 0.450. The maximum atomic E-state index is 12.7. The summed E-state index contributed by atoms with van der Waals surface area (Å²) >= 11 is 1.58. The fourth-order valence-corrected chi connectivity index (χ4v) is 4.22. The van der Waals surface area contributed by atoms with Crippen molar-refractivity contribution in [1.82, 2.24) is 15.2 Å². The minimum atomic E-state index is -0.524. The molecule has 6 nitrogen and oxygen atoms in total. The molecule has 1 saturated heterocycles. The zero-order valence-electron chi connectivity index (χ0n) is 15.8. The number of aliphatic hydroxyl groups excluding tert-OH is 1. The second-order valence-corrected chi connectivity index (χ2v) is 8.05. The van der Waals surface area contributed by atoms with Crippen LogP contribution in [0.5, 0.6) is 0 Å². The van der Waals surface area contributed by atoms with Crippen molar-refractivity contribution < 1.29 is 14.7 Å². The molecular weight excluding hydrogens is 362 g/mol. The van der Waals surface area contributed by atoms with Gasteiger partial charge in [0.25, 0.3) is 0 Å². The number of aryl methyl sites for hydroxylation is 1. The molecule has 0 bridgehead atoms. The van der Waals surface area contributed by atoms with Gasteiger partial charge in [0.15, 0.2) is 5.78 Å². The quantitative estimate of drug-likeness (QED) is 0.792. The van der Waals surface area contributed by atoms with Crippen LogP contribution in [0.3, 0.4) is 0 Å². The number of rotatable bonds is 6. The maximum Gasteiger partial charge on any atom is 0.230 e. The van der Waals surface area contributed by atoms with Gasteiger partial charge in [-0.3, -0.25) is 9.59 Å². The number of Topliss-reactive ketones (excluding diaryl/α,β-unsaturated/α-hetero) is 1. The van der Waals surface area contributed by atoms with Crippen LogP contribution in [0, 0.1) is 6.92 Å². The molecule has 1 aliphatic rings. The van der Waals surface area contributed by atoms with Gasteiger partial charge in [0, 0.05) is 27.1 Å². The van der Waals surface area contributed by atoms with Crippen LogP contribution < -0.4 is 5.32 Å². The maximum absolute atomic E-state index is 12.7. The monoisotopic (exact) mass is 387 g/mol. The standard InChI is InChI=1S/C20H25N3O3S/c1-12-19(27-11-22-12)14-6-4-13(5-7-14)16(20(26)23(2)3)9-18(25)17-8-15(24)10-21-17/h4-7,11,15-17,21,24H,8-10H2,1-3H3/t15-,16-,17+/m1/s1. The molecule has 7 heteroatoms. The lowest BCUT2D eigenvalue weighted by Crippen LogP contribution is -2.35. The Bertz CT molecular complexity index is 816. The van der Waals surface area contributed by atoms with Gasteiger partial charge in [-0.25, -0.2) is 4.98 Å². The van der Waals surface area contributed by atoms with Crippen LogP contribution in [-0.4, -0.2) is 59.5 Å². The fourth-order valence-electron chi connectivity index (χ4n) is 3.41. The van der Waals surface area contributed by atoms with Gasteiger partial charge in [-0.05, 0) is 24.5 Å². The first-order valence-corrected chi connectivity index (χ1v) is 9.90. The van der Waals surface area contributed by atoms with E-state index >= 15 is 0 Å². The first-order valence-electron chi connectivity index (χ1n) is 9.02. The van der Waals surface area contributed by atoms with Crippen molar-refractivity contribution in [2.75, 3.05) is 20.6 Å². The number of nitrogens with one attached hydrogen (secondary N) is 1. The molecule has 2 N–H and O–H groups in total. The first-order chi connectivity index (χ1) is 12.9. The Balaban J connectivity index is 1.81. The molecule has 1 aliphatic heterocycles. The molecule has 2 heterocycles. The number of ketones is 1. The van der Waals surface area contributed by atoms with E-state index < -0.39 is 12.0 Å². The van der Waals surface area contributed by atoms with Crippen molar-refractivity contribution in [3.05, 3.63) is 41.0 Å². The van der Waals surface area contributed by atoms with E-state index in [2.05, 4.69) is 10.3 Å². The van der Waals surface area contributed by atoms with Gasteiger partial charge < -0.3 is 15.3 Å². The molecule has 1 fully saturated rings. The Morgan fingerprint density at radius 1 is 1.33 bits per heavy atom. The molecule has 2 aromatic rings. The highest BCUT2D eigenvalue weighted by Crippen LogP contribution is 2.30. The number of hydrogen-bond donors (Lipinski definition) is 2. The van der Waals surface area contributed by atoms with E-state index in [1.807, 2.05) is 36.7 Å². The van der Waals surface area contributed by atoms with E-state index in [-0.39, 0.29) is 24.2 Å². The van der Waals surface area contributed by atoms with E-state index in [4.69, 9.17) is 0 Å². The molecule has 1 amide bonds. The number of carbonyl (C=O) groups excluding carboxylic acids is 2. The molecule has 3 atom stereocenters. The summed E-state index contributed by atoms with van der Waals surface area (Å²) in [6.07, 6.45) is 0.0370. The molecule has 27 heavy (non-hydrogen) atoms. The number of amides is 1. The highest BCUT2D eigenvalue weighted by Gasteiger charge is 2.32. The van der Waals surface area contributed by atoms with E-state index in [1.54, 1.807) is 25.4 Å². The van der Waals surface area contributed by atoms with Crippen LogP contribution >= 0.6 is 11.3 Å². The Kier molecular flexibility index (Phi) is 6.04. The average Bonchev–Trinajstić information content (AvgIpc) is 3.27. The summed E-state index contributed by atoms with van der Waals surface area (Å²) < 4.78 is 0. The average molecular weight is 388 g/mol. The Hall–Kier alpha value is -2.09. The molecular formula is C20H25N3O3S. The highest BCUT2D eigenvalue weighted by molar-refractivity contribution is 7.13. The van der Waals surface area contributed by atoms with Crippen LogP contribution in [-0.2, 0) is 9.59 Å². The SMILES string of the molecule is Cc1ncsc1-c1ccc([C@@H](CC(=O)[C@@H]2C[C@@H](O)CN2)C(=O)N(C)C)cc1. The Morgan fingerprint density at radius 2 is 2.04 bits per heavy atom. The summed E-state index contributed by atoms with van der Waals surface area (Å²) in [4.78, 5) is 32.3. The topological polar surface area (TPSA) is 82.5 Å². The lowest BCUT2D eigenvalue weighted by Gasteiger charge is -2.22. The largest absolute Gasteiger partial charge is 0.392 e.